The Morgan fingerprint density at radius 2 is 1.93 bits per heavy atom. The normalized spacial score (nSPS) is 11.5. The van der Waals surface area contributed by atoms with E-state index in [1.54, 1.807) is 50.6 Å². The lowest BCUT2D eigenvalue weighted by Gasteiger charge is -2.08. The molecule has 0 aliphatic rings. The molecule has 0 saturated heterocycles. The molecule has 29 heavy (non-hydrogen) atoms. The number of carbonyl (C=O) groups is 1. The number of benzene rings is 1. The van der Waals surface area contributed by atoms with Gasteiger partial charge in [-0.05, 0) is 37.4 Å². The highest BCUT2D eigenvalue weighted by Gasteiger charge is 2.11. The molecule has 1 aromatic rings. The SMILES string of the molecule is C=C/C(=C\N=C)CN=C(C)N/C=C(\C=C)C(=O)c1ccc(NC)c(C=N)c1.CC. The van der Waals surface area contributed by atoms with Crippen LogP contribution in [0.3, 0.4) is 0 Å². The highest BCUT2D eigenvalue weighted by atomic mass is 16.1. The smallest absolute Gasteiger partial charge is 0.194 e. The summed E-state index contributed by atoms with van der Waals surface area (Å²) in [6.07, 6.45) is 7.50. The van der Waals surface area contributed by atoms with Crippen LogP contribution in [0.25, 0.3) is 0 Å². The molecule has 0 atom stereocenters. The summed E-state index contributed by atoms with van der Waals surface area (Å²) in [6, 6.07) is 5.15. The van der Waals surface area contributed by atoms with Gasteiger partial charge in [-0.3, -0.25) is 14.8 Å². The van der Waals surface area contributed by atoms with Crippen LogP contribution in [0, 0.1) is 5.41 Å². The van der Waals surface area contributed by atoms with Gasteiger partial charge in [-0.1, -0.05) is 39.2 Å². The van der Waals surface area contributed by atoms with Gasteiger partial charge in [0.05, 0.1) is 12.4 Å². The molecule has 154 valence electrons. The Balaban J connectivity index is 0.00000379. The molecule has 0 amide bonds. The summed E-state index contributed by atoms with van der Waals surface area (Å²) >= 11 is 0. The molecule has 0 radical (unpaired) electrons. The largest absolute Gasteiger partial charge is 0.388 e. The number of Topliss-reactive ketones (excluding diaryl/α,β-unsaturated/α-hetero) is 1. The number of hydrogen-bond acceptors (Lipinski definition) is 5. The van der Waals surface area contributed by atoms with Gasteiger partial charge in [0.15, 0.2) is 5.78 Å². The van der Waals surface area contributed by atoms with E-state index in [4.69, 9.17) is 5.41 Å². The molecule has 1 rings (SSSR count). The Morgan fingerprint density at radius 1 is 1.24 bits per heavy atom. The number of ketones is 1. The molecule has 0 unspecified atom stereocenters. The van der Waals surface area contributed by atoms with Gasteiger partial charge in [0.25, 0.3) is 0 Å². The van der Waals surface area contributed by atoms with Crippen LogP contribution in [0.5, 0.6) is 0 Å². The standard InChI is InChI=1S/C21H25N5O.C2H6/c1-6-16(12-23-4)13-25-15(3)26-14-17(7-2)21(27)18-8-9-20(24-5)19(10-18)11-22;1-2/h6-12,14,22,24H,1-2,4,13H2,3,5H3,(H,25,26);1-2H3/b16-12+,17-14+,22-11?;. The number of nitrogens with zero attached hydrogens (tertiary/aromatic N) is 2. The second-order valence-electron chi connectivity index (χ2n) is 5.47. The van der Waals surface area contributed by atoms with Crippen molar-refractivity contribution in [2.24, 2.45) is 9.98 Å². The average Bonchev–Trinajstić information content (AvgIpc) is 2.77. The number of carbonyl (C=O) groups excluding carboxylic acids is 1. The van der Waals surface area contributed by atoms with Gasteiger partial charge in [0.2, 0.25) is 0 Å². The second kappa shape index (κ2) is 14.5. The number of aliphatic imine (C=N–C) groups is 2. The first-order chi connectivity index (χ1) is 14.0. The lowest BCUT2D eigenvalue weighted by molar-refractivity contribution is 0.103. The third kappa shape index (κ3) is 8.34. The summed E-state index contributed by atoms with van der Waals surface area (Å²) in [5.74, 6) is 0.434. The maximum Gasteiger partial charge on any atom is 0.194 e. The first kappa shape index (κ1) is 25.5. The van der Waals surface area contributed by atoms with E-state index in [-0.39, 0.29) is 5.78 Å². The summed E-state index contributed by atoms with van der Waals surface area (Å²) in [6.45, 7) is 17.0. The van der Waals surface area contributed by atoms with Crippen molar-refractivity contribution in [3.8, 4) is 0 Å². The minimum Gasteiger partial charge on any atom is -0.388 e. The summed E-state index contributed by atoms with van der Waals surface area (Å²) in [5, 5.41) is 13.5. The predicted molar refractivity (Wildman–Crippen MR) is 127 cm³/mol. The van der Waals surface area contributed by atoms with Crippen molar-refractivity contribution in [3.05, 3.63) is 78.2 Å². The van der Waals surface area contributed by atoms with Crippen molar-refractivity contribution >= 4 is 30.2 Å². The fourth-order valence-electron chi connectivity index (χ4n) is 2.15. The molecule has 0 bridgehead atoms. The Bertz CT molecular complexity index is 832. The zero-order valence-corrected chi connectivity index (χ0v) is 17.7. The third-order valence-corrected chi connectivity index (χ3v) is 3.68. The second-order valence-corrected chi connectivity index (χ2v) is 5.47. The van der Waals surface area contributed by atoms with Crippen molar-refractivity contribution in [1.29, 1.82) is 5.41 Å². The van der Waals surface area contributed by atoms with E-state index in [1.807, 2.05) is 13.8 Å². The highest BCUT2D eigenvalue weighted by molar-refractivity contribution is 6.11. The van der Waals surface area contributed by atoms with Crippen LogP contribution >= 0.6 is 0 Å². The molecule has 6 heteroatoms. The molecule has 0 fully saturated rings. The molecular formula is C23H31N5O. The van der Waals surface area contributed by atoms with Gasteiger partial charge in [0.1, 0.15) is 0 Å². The molecule has 0 aromatic heterocycles. The van der Waals surface area contributed by atoms with E-state index in [0.29, 0.717) is 29.1 Å². The topological polar surface area (TPSA) is 89.7 Å². The van der Waals surface area contributed by atoms with Crippen molar-refractivity contribution < 1.29 is 4.79 Å². The van der Waals surface area contributed by atoms with Gasteiger partial charge in [-0.15, -0.1) is 0 Å². The van der Waals surface area contributed by atoms with Crippen LogP contribution in [0.2, 0.25) is 0 Å². The Morgan fingerprint density at radius 3 is 2.45 bits per heavy atom. The summed E-state index contributed by atoms with van der Waals surface area (Å²) in [5.41, 5.74) is 3.12. The van der Waals surface area contributed by atoms with Crippen LogP contribution in [0.4, 0.5) is 5.69 Å². The number of hydrogen-bond donors (Lipinski definition) is 3. The van der Waals surface area contributed by atoms with Crippen LogP contribution in [0.1, 0.15) is 36.7 Å². The predicted octanol–water partition coefficient (Wildman–Crippen LogP) is 4.78. The average molecular weight is 394 g/mol. The summed E-state index contributed by atoms with van der Waals surface area (Å²) < 4.78 is 0. The first-order valence-electron chi connectivity index (χ1n) is 9.25. The van der Waals surface area contributed by atoms with Crippen LogP contribution in [0.15, 0.2) is 77.0 Å². The minimum atomic E-state index is -0.196. The van der Waals surface area contributed by atoms with Gasteiger partial charge in [0, 0.05) is 48.0 Å². The monoisotopic (exact) mass is 393 g/mol. The molecule has 0 aliphatic heterocycles. The zero-order valence-electron chi connectivity index (χ0n) is 17.7. The minimum absolute atomic E-state index is 0.196. The summed E-state index contributed by atoms with van der Waals surface area (Å²) in [7, 11) is 1.77. The quantitative estimate of drug-likeness (QED) is 0.176. The van der Waals surface area contributed by atoms with Crippen molar-refractivity contribution in [1.82, 2.24) is 5.32 Å². The third-order valence-electron chi connectivity index (χ3n) is 3.68. The number of nitrogens with one attached hydrogen (secondary N) is 3. The number of rotatable bonds is 10. The van der Waals surface area contributed by atoms with Crippen LogP contribution in [-0.2, 0) is 0 Å². The fraction of sp³-hybridized carbons (Fsp3) is 0.217. The fourth-order valence-corrected chi connectivity index (χ4v) is 2.15. The molecular weight excluding hydrogens is 362 g/mol. The van der Waals surface area contributed by atoms with E-state index in [9.17, 15) is 4.79 Å². The van der Waals surface area contributed by atoms with Crippen molar-refractivity contribution in [2.75, 3.05) is 18.9 Å². The van der Waals surface area contributed by atoms with E-state index < -0.39 is 0 Å². The molecule has 0 aliphatic carbocycles. The Kier molecular flexibility index (Phi) is 12.7. The van der Waals surface area contributed by atoms with Gasteiger partial charge >= 0.3 is 0 Å². The lowest BCUT2D eigenvalue weighted by Crippen LogP contribution is -2.16. The van der Waals surface area contributed by atoms with Crippen LogP contribution in [-0.4, -0.2) is 38.1 Å². The zero-order chi connectivity index (χ0) is 22.2. The van der Waals surface area contributed by atoms with Crippen molar-refractivity contribution in [3.63, 3.8) is 0 Å². The summed E-state index contributed by atoms with van der Waals surface area (Å²) in [4.78, 5) is 20.7. The molecule has 0 saturated carbocycles. The van der Waals surface area contributed by atoms with Crippen molar-refractivity contribution in [2.45, 2.75) is 20.8 Å². The number of anilines is 1. The number of amidine groups is 1. The van der Waals surface area contributed by atoms with E-state index >= 15 is 0 Å². The van der Waals surface area contributed by atoms with E-state index in [0.717, 1.165) is 11.3 Å². The maximum absolute atomic E-state index is 12.7. The number of allylic oxidation sites excluding steroid dienone is 2. The molecule has 0 spiro atoms. The van der Waals surface area contributed by atoms with Gasteiger partial charge in [-0.25, -0.2) is 0 Å². The van der Waals surface area contributed by atoms with Crippen LogP contribution < -0.4 is 10.6 Å². The van der Waals surface area contributed by atoms with E-state index in [1.165, 1.54) is 12.3 Å². The molecule has 6 nitrogen and oxygen atoms in total. The lowest BCUT2D eigenvalue weighted by atomic mass is 10.0. The molecule has 0 heterocycles. The van der Waals surface area contributed by atoms with E-state index in [2.05, 4.69) is 40.5 Å². The van der Waals surface area contributed by atoms with Gasteiger partial charge < -0.3 is 16.0 Å². The molecule has 1 aromatic carbocycles. The molecule has 3 N–H and O–H groups in total. The highest BCUT2D eigenvalue weighted by Crippen LogP contribution is 2.18. The Labute approximate surface area is 174 Å². The maximum atomic E-state index is 12.7. The van der Waals surface area contributed by atoms with Gasteiger partial charge in [-0.2, -0.15) is 0 Å². The first-order valence-corrected chi connectivity index (χ1v) is 9.25. The Hall–Kier alpha value is -3.54.